The molecule has 0 aliphatic heterocycles. The number of rotatable bonds is 3. The lowest BCUT2D eigenvalue weighted by molar-refractivity contribution is 0.103. The van der Waals surface area contributed by atoms with Gasteiger partial charge in [0.25, 0.3) is 0 Å². The van der Waals surface area contributed by atoms with Gasteiger partial charge >= 0.3 is 0 Å². The summed E-state index contributed by atoms with van der Waals surface area (Å²) >= 11 is 5.97. The highest BCUT2D eigenvalue weighted by Crippen LogP contribution is 2.22. The molecule has 0 fully saturated rings. The topological polar surface area (TPSA) is 39.2 Å². The zero-order chi connectivity index (χ0) is 13.1. The van der Waals surface area contributed by atoms with E-state index in [2.05, 4.69) is 4.98 Å². The smallest absolute Gasteiger partial charge is 0.213 e. The van der Waals surface area contributed by atoms with E-state index >= 15 is 0 Å². The first-order valence-corrected chi connectivity index (χ1v) is 5.81. The van der Waals surface area contributed by atoms with Gasteiger partial charge in [-0.25, -0.2) is 0 Å². The Morgan fingerprint density at radius 3 is 2.72 bits per heavy atom. The second-order valence-corrected chi connectivity index (χ2v) is 4.25. The first-order valence-electron chi connectivity index (χ1n) is 5.43. The van der Waals surface area contributed by atoms with Crippen LogP contribution in [0.25, 0.3) is 0 Å². The summed E-state index contributed by atoms with van der Waals surface area (Å²) in [6.45, 7) is 1.85. The minimum atomic E-state index is -0.180. The molecule has 1 aromatic carbocycles. The minimum absolute atomic E-state index is 0.180. The second kappa shape index (κ2) is 5.19. The van der Waals surface area contributed by atoms with Crippen molar-refractivity contribution in [1.29, 1.82) is 0 Å². The molecular weight excluding hydrogens is 250 g/mol. The van der Waals surface area contributed by atoms with Crippen LogP contribution >= 0.6 is 11.6 Å². The van der Waals surface area contributed by atoms with Gasteiger partial charge in [-0.3, -0.25) is 9.78 Å². The lowest BCUT2D eigenvalue weighted by atomic mass is 10.0. The van der Waals surface area contributed by atoms with Gasteiger partial charge in [0.15, 0.2) is 0 Å². The van der Waals surface area contributed by atoms with Crippen LogP contribution in [0.15, 0.2) is 36.5 Å². The fourth-order valence-corrected chi connectivity index (χ4v) is 1.91. The molecular formula is C14H12ClNO2. The number of nitrogens with zero attached hydrogens (tertiary/aromatic N) is 1. The highest BCUT2D eigenvalue weighted by atomic mass is 35.5. The monoisotopic (exact) mass is 261 g/mol. The summed E-state index contributed by atoms with van der Waals surface area (Å²) in [7, 11) is 1.59. The van der Waals surface area contributed by atoms with Gasteiger partial charge in [0.1, 0.15) is 11.4 Å². The van der Waals surface area contributed by atoms with E-state index in [1.54, 1.807) is 37.6 Å². The number of pyridine rings is 1. The number of aryl methyl sites for hydroxylation is 1. The molecule has 4 heteroatoms. The number of ketones is 1. The second-order valence-electron chi connectivity index (χ2n) is 3.84. The third kappa shape index (κ3) is 2.36. The van der Waals surface area contributed by atoms with Crippen molar-refractivity contribution in [3.8, 4) is 5.75 Å². The standard InChI is InChI=1S/C14H12ClNO2/c1-9-8-10(18-2)5-6-11(9)14(17)13-12(15)4-3-7-16-13/h3-8H,1-2H3. The Bertz CT molecular complexity index is 596. The van der Waals surface area contributed by atoms with Crippen molar-refractivity contribution in [2.75, 3.05) is 7.11 Å². The molecule has 1 heterocycles. The maximum absolute atomic E-state index is 12.3. The molecule has 0 spiro atoms. The quantitative estimate of drug-likeness (QED) is 0.796. The maximum atomic E-state index is 12.3. The SMILES string of the molecule is COc1ccc(C(=O)c2ncccc2Cl)c(C)c1. The lowest BCUT2D eigenvalue weighted by Gasteiger charge is -2.07. The number of carbonyl (C=O) groups is 1. The summed E-state index contributed by atoms with van der Waals surface area (Å²) in [5, 5.41) is 0.359. The van der Waals surface area contributed by atoms with E-state index in [-0.39, 0.29) is 11.5 Å². The Hall–Kier alpha value is -1.87. The van der Waals surface area contributed by atoms with Crippen LogP contribution in [0.2, 0.25) is 5.02 Å². The summed E-state index contributed by atoms with van der Waals surface area (Å²) in [4.78, 5) is 16.3. The van der Waals surface area contributed by atoms with Gasteiger partial charge in [-0.2, -0.15) is 0 Å². The predicted octanol–water partition coefficient (Wildman–Crippen LogP) is 3.28. The fourth-order valence-electron chi connectivity index (χ4n) is 1.70. The predicted molar refractivity (Wildman–Crippen MR) is 70.4 cm³/mol. The van der Waals surface area contributed by atoms with Crippen molar-refractivity contribution >= 4 is 17.4 Å². The summed E-state index contributed by atoms with van der Waals surface area (Å²) in [6, 6.07) is 8.63. The van der Waals surface area contributed by atoms with Crippen molar-refractivity contribution in [3.63, 3.8) is 0 Å². The van der Waals surface area contributed by atoms with Crippen LogP contribution in [0.1, 0.15) is 21.6 Å². The Kier molecular flexibility index (Phi) is 3.63. The van der Waals surface area contributed by atoms with Gasteiger partial charge in [0.05, 0.1) is 12.1 Å². The van der Waals surface area contributed by atoms with Crippen molar-refractivity contribution in [1.82, 2.24) is 4.98 Å². The number of carbonyl (C=O) groups excluding carboxylic acids is 1. The minimum Gasteiger partial charge on any atom is -0.497 e. The third-order valence-corrected chi connectivity index (χ3v) is 2.96. The van der Waals surface area contributed by atoms with E-state index in [4.69, 9.17) is 16.3 Å². The molecule has 0 atom stereocenters. The number of aromatic nitrogens is 1. The molecule has 2 rings (SSSR count). The average molecular weight is 262 g/mol. The number of benzene rings is 1. The molecule has 0 aliphatic rings. The molecule has 0 radical (unpaired) electrons. The average Bonchev–Trinajstić information content (AvgIpc) is 2.38. The lowest BCUT2D eigenvalue weighted by Crippen LogP contribution is -2.06. The van der Waals surface area contributed by atoms with Gasteiger partial charge in [-0.1, -0.05) is 11.6 Å². The molecule has 0 bridgehead atoms. The van der Waals surface area contributed by atoms with Crippen molar-refractivity contribution in [2.45, 2.75) is 6.92 Å². The third-order valence-electron chi connectivity index (χ3n) is 2.65. The van der Waals surface area contributed by atoms with Gasteiger partial charge in [0, 0.05) is 11.8 Å². The first kappa shape index (κ1) is 12.6. The number of hydrogen-bond donors (Lipinski definition) is 0. The van der Waals surface area contributed by atoms with Crippen LogP contribution in [0.3, 0.4) is 0 Å². The molecule has 92 valence electrons. The highest BCUT2D eigenvalue weighted by molar-refractivity contribution is 6.34. The van der Waals surface area contributed by atoms with Crippen molar-refractivity contribution in [2.24, 2.45) is 0 Å². The Labute approximate surface area is 110 Å². The van der Waals surface area contributed by atoms with Crippen LogP contribution in [-0.4, -0.2) is 17.9 Å². The highest BCUT2D eigenvalue weighted by Gasteiger charge is 2.16. The first-order chi connectivity index (χ1) is 8.63. The molecule has 0 unspecified atom stereocenters. The zero-order valence-electron chi connectivity index (χ0n) is 10.1. The number of ether oxygens (including phenoxy) is 1. The molecule has 3 nitrogen and oxygen atoms in total. The Balaban J connectivity index is 2.44. The molecule has 0 saturated carbocycles. The summed E-state index contributed by atoms with van der Waals surface area (Å²) in [5.74, 6) is 0.539. The van der Waals surface area contributed by atoms with Gasteiger partial charge in [-0.15, -0.1) is 0 Å². The van der Waals surface area contributed by atoms with E-state index in [1.165, 1.54) is 0 Å². The largest absolute Gasteiger partial charge is 0.497 e. The number of halogens is 1. The van der Waals surface area contributed by atoms with E-state index in [0.717, 1.165) is 11.3 Å². The van der Waals surface area contributed by atoms with E-state index in [0.29, 0.717) is 10.6 Å². The van der Waals surface area contributed by atoms with Gasteiger partial charge in [-0.05, 0) is 42.8 Å². The van der Waals surface area contributed by atoms with Crippen LogP contribution in [0.5, 0.6) is 5.75 Å². The van der Waals surface area contributed by atoms with E-state index in [1.807, 2.05) is 13.0 Å². The number of methoxy groups -OCH3 is 1. The summed E-state index contributed by atoms with van der Waals surface area (Å²) < 4.78 is 5.11. The maximum Gasteiger partial charge on any atom is 0.213 e. The zero-order valence-corrected chi connectivity index (χ0v) is 10.9. The molecule has 2 aromatic rings. The van der Waals surface area contributed by atoms with Crippen LogP contribution in [0, 0.1) is 6.92 Å². The Morgan fingerprint density at radius 1 is 1.33 bits per heavy atom. The Morgan fingerprint density at radius 2 is 2.11 bits per heavy atom. The molecule has 0 amide bonds. The van der Waals surface area contributed by atoms with Crippen molar-refractivity contribution in [3.05, 3.63) is 58.4 Å². The summed E-state index contributed by atoms with van der Waals surface area (Å²) in [6.07, 6.45) is 1.55. The van der Waals surface area contributed by atoms with Crippen LogP contribution in [-0.2, 0) is 0 Å². The van der Waals surface area contributed by atoms with Crippen molar-refractivity contribution < 1.29 is 9.53 Å². The molecule has 0 N–H and O–H groups in total. The van der Waals surface area contributed by atoms with Crippen LogP contribution in [0.4, 0.5) is 0 Å². The van der Waals surface area contributed by atoms with Gasteiger partial charge in [0.2, 0.25) is 5.78 Å². The summed E-state index contributed by atoms with van der Waals surface area (Å²) in [5.41, 5.74) is 1.69. The fraction of sp³-hybridized carbons (Fsp3) is 0.143. The van der Waals surface area contributed by atoms with Crippen LogP contribution < -0.4 is 4.74 Å². The normalized spacial score (nSPS) is 10.2. The number of hydrogen-bond acceptors (Lipinski definition) is 3. The van der Waals surface area contributed by atoms with E-state index < -0.39 is 0 Å². The van der Waals surface area contributed by atoms with Gasteiger partial charge < -0.3 is 4.74 Å². The molecule has 0 saturated heterocycles. The molecule has 1 aromatic heterocycles. The van der Waals surface area contributed by atoms with E-state index in [9.17, 15) is 4.79 Å². The molecule has 0 aliphatic carbocycles. The molecule has 18 heavy (non-hydrogen) atoms.